The molecule has 1 rings (SSSR count). The van der Waals surface area contributed by atoms with E-state index in [4.69, 9.17) is 5.11 Å². The second-order valence-corrected chi connectivity index (χ2v) is 2.06. The number of rotatable bonds is 2. The van der Waals surface area contributed by atoms with Gasteiger partial charge in [-0.15, -0.1) is 0 Å². The highest BCUT2D eigenvalue weighted by molar-refractivity contribution is 5.98. The van der Waals surface area contributed by atoms with Crippen LogP contribution in [0.1, 0.15) is 17.3 Å². The summed E-state index contributed by atoms with van der Waals surface area (Å²) >= 11 is 0. The van der Waals surface area contributed by atoms with Gasteiger partial charge >= 0.3 is 5.97 Å². The van der Waals surface area contributed by atoms with Crippen LogP contribution in [-0.4, -0.2) is 22.1 Å². The summed E-state index contributed by atoms with van der Waals surface area (Å²) in [5.74, 6) is -1.67. The van der Waals surface area contributed by atoms with Crippen molar-refractivity contribution in [3.05, 3.63) is 11.8 Å². The molecule has 0 saturated heterocycles. The zero-order valence-electron chi connectivity index (χ0n) is 6.20. The number of carboxylic acids is 1. The topological polar surface area (TPSA) is 92.4 Å². The monoisotopic (exact) mass is 170 g/mol. The molecule has 6 nitrogen and oxygen atoms in total. The van der Waals surface area contributed by atoms with Crippen LogP contribution in [0.2, 0.25) is 0 Å². The SMILES string of the molecule is CC(=O)Nc1nocc1C(=O)O. The van der Waals surface area contributed by atoms with E-state index in [1.807, 2.05) is 0 Å². The van der Waals surface area contributed by atoms with Crippen molar-refractivity contribution < 1.29 is 19.2 Å². The number of amides is 1. The Morgan fingerprint density at radius 1 is 1.67 bits per heavy atom. The summed E-state index contributed by atoms with van der Waals surface area (Å²) in [5, 5.41) is 14.0. The Kier molecular flexibility index (Phi) is 2.09. The lowest BCUT2D eigenvalue weighted by Gasteiger charge is -1.94. The van der Waals surface area contributed by atoms with E-state index in [0.29, 0.717) is 0 Å². The quantitative estimate of drug-likeness (QED) is 0.667. The molecular weight excluding hydrogens is 164 g/mol. The van der Waals surface area contributed by atoms with Crippen molar-refractivity contribution in [2.45, 2.75) is 6.92 Å². The third kappa shape index (κ3) is 1.60. The van der Waals surface area contributed by atoms with Crippen molar-refractivity contribution in [2.75, 3.05) is 5.32 Å². The molecular formula is C6H6N2O4. The molecule has 0 aliphatic rings. The van der Waals surface area contributed by atoms with E-state index in [9.17, 15) is 9.59 Å². The van der Waals surface area contributed by atoms with Crippen LogP contribution in [0.25, 0.3) is 0 Å². The molecule has 0 aliphatic carbocycles. The van der Waals surface area contributed by atoms with Crippen LogP contribution in [-0.2, 0) is 4.79 Å². The van der Waals surface area contributed by atoms with Crippen molar-refractivity contribution in [3.8, 4) is 0 Å². The molecule has 0 bridgehead atoms. The van der Waals surface area contributed by atoms with Gasteiger partial charge in [0.05, 0.1) is 0 Å². The maximum absolute atomic E-state index is 10.5. The molecule has 0 aliphatic heterocycles. The summed E-state index contributed by atoms with van der Waals surface area (Å²) in [7, 11) is 0. The number of carboxylic acid groups (broad SMARTS) is 1. The molecule has 0 atom stereocenters. The van der Waals surface area contributed by atoms with Gasteiger partial charge in [0.1, 0.15) is 11.8 Å². The Balaban J connectivity index is 2.91. The number of hydrogen-bond acceptors (Lipinski definition) is 4. The zero-order valence-corrected chi connectivity index (χ0v) is 6.20. The highest BCUT2D eigenvalue weighted by Crippen LogP contribution is 2.11. The Morgan fingerprint density at radius 2 is 2.33 bits per heavy atom. The lowest BCUT2D eigenvalue weighted by Crippen LogP contribution is -2.09. The minimum absolute atomic E-state index is 0.0741. The van der Waals surface area contributed by atoms with E-state index in [2.05, 4.69) is 15.0 Å². The standard InChI is InChI=1S/C6H6N2O4/c1-3(9)7-5-4(6(10)11)2-12-8-5/h2H,1H3,(H,10,11)(H,7,8,9). The van der Waals surface area contributed by atoms with Crippen LogP contribution in [0.3, 0.4) is 0 Å². The second kappa shape index (κ2) is 3.04. The molecule has 6 heteroatoms. The van der Waals surface area contributed by atoms with Gasteiger partial charge in [0.15, 0.2) is 5.82 Å². The fourth-order valence-electron chi connectivity index (χ4n) is 0.645. The molecule has 0 radical (unpaired) electrons. The molecule has 0 unspecified atom stereocenters. The van der Waals surface area contributed by atoms with E-state index >= 15 is 0 Å². The Labute approximate surface area is 67.2 Å². The summed E-state index contributed by atoms with van der Waals surface area (Å²) in [6, 6.07) is 0. The number of nitrogens with one attached hydrogen (secondary N) is 1. The van der Waals surface area contributed by atoms with Crippen LogP contribution < -0.4 is 5.32 Å². The van der Waals surface area contributed by atoms with E-state index in [0.717, 1.165) is 6.26 Å². The molecule has 1 aromatic heterocycles. The average Bonchev–Trinajstić information content (AvgIpc) is 2.33. The summed E-state index contributed by atoms with van der Waals surface area (Å²) in [6.45, 7) is 1.25. The van der Waals surface area contributed by atoms with Gasteiger partial charge in [-0.3, -0.25) is 4.79 Å². The van der Waals surface area contributed by atoms with E-state index in [-0.39, 0.29) is 11.4 Å². The first-order valence-electron chi connectivity index (χ1n) is 3.06. The maximum Gasteiger partial charge on any atom is 0.342 e. The smallest absolute Gasteiger partial charge is 0.342 e. The van der Waals surface area contributed by atoms with Crippen LogP contribution in [0.4, 0.5) is 5.82 Å². The van der Waals surface area contributed by atoms with Crippen LogP contribution in [0.15, 0.2) is 10.8 Å². The lowest BCUT2D eigenvalue weighted by atomic mass is 10.3. The zero-order chi connectivity index (χ0) is 9.14. The molecule has 1 aromatic rings. The molecule has 1 heterocycles. The number of aromatic nitrogens is 1. The largest absolute Gasteiger partial charge is 0.477 e. The van der Waals surface area contributed by atoms with E-state index in [1.165, 1.54) is 6.92 Å². The minimum atomic E-state index is -1.19. The normalized spacial score (nSPS) is 9.42. The Hall–Kier alpha value is -1.85. The number of carbonyl (C=O) groups is 2. The number of carbonyl (C=O) groups excluding carboxylic acids is 1. The first-order chi connectivity index (χ1) is 5.61. The number of aromatic carboxylic acids is 1. The summed E-state index contributed by atoms with van der Waals surface area (Å²) in [4.78, 5) is 20.9. The summed E-state index contributed by atoms with van der Waals surface area (Å²) in [6.07, 6.45) is 0.952. The molecule has 64 valence electrons. The van der Waals surface area contributed by atoms with Gasteiger partial charge in [-0.2, -0.15) is 0 Å². The Bertz CT molecular complexity index is 317. The van der Waals surface area contributed by atoms with Gasteiger partial charge in [-0.05, 0) is 0 Å². The summed E-state index contributed by atoms with van der Waals surface area (Å²) < 4.78 is 4.36. The average molecular weight is 170 g/mol. The maximum atomic E-state index is 10.5. The third-order valence-corrected chi connectivity index (χ3v) is 1.09. The number of nitrogens with zero attached hydrogens (tertiary/aromatic N) is 1. The van der Waals surface area contributed by atoms with Crippen LogP contribution >= 0.6 is 0 Å². The van der Waals surface area contributed by atoms with Gasteiger partial charge < -0.3 is 14.9 Å². The molecule has 0 aromatic carbocycles. The van der Waals surface area contributed by atoms with Crippen molar-refractivity contribution in [3.63, 3.8) is 0 Å². The van der Waals surface area contributed by atoms with Crippen LogP contribution in [0, 0.1) is 0 Å². The van der Waals surface area contributed by atoms with Crippen molar-refractivity contribution >= 4 is 17.7 Å². The van der Waals surface area contributed by atoms with Crippen molar-refractivity contribution in [2.24, 2.45) is 0 Å². The lowest BCUT2D eigenvalue weighted by molar-refractivity contribution is -0.114. The van der Waals surface area contributed by atoms with Crippen molar-refractivity contribution in [1.29, 1.82) is 0 Å². The summed E-state index contributed by atoms with van der Waals surface area (Å²) in [5.41, 5.74) is -0.162. The van der Waals surface area contributed by atoms with Gasteiger partial charge in [0.25, 0.3) is 0 Å². The fourth-order valence-corrected chi connectivity index (χ4v) is 0.645. The number of hydrogen-bond donors (Lipinski definition) is 2. The van der Waals surface area contributed by atoms with E-state index in [1.54, 1.807) is 0 Å². The molecule has 2 N–H and O–H groups in total. The first-order valence-corrected chi connectivity index (χ1v) is 3.06. The molecule has 0 saturated carbocycles. The van der Waals surface area contributed by atoms with Gasteiger partial charge in [0.2, 0.25) is 5.91 Å². The fraction of sp³-hybridized carbons (Fsp3) is 0.167. The predicted molar refractivity (Wildman–Crippen MR) is 37.8 cm³/mol. The van der Waals surface area contributed by atoms with Crippen LogP contribution in [0.5, 0.6) is 0 Å². The third-order valence-electron chi connectivity index (χ3n) is 1.09. The molecule has 12 heavy (non-hydrogen) atoms. The van der Waals surface area contributed by atoms with Crippen molar-refractivity contribution in [1.82, 2.24) is 5.16 Å². The van der Waals surface area contributed by atoms with Gasteiger partial charge in [-0.1, -0.05) is 5.16 Å². The molecule has 0 spiro atoms. The van der Waals surface area contributed by atoms with Gasteiger partial charge in [-0.25, -0.2) is 4.79 Å². The van der Waals surface area contributed by atoms with Gasteiger partial charge in [0, 0.05) is 6.92 Å². The molecule has 0 fully saturated rings. The number of anilines is 1. The van der Waals surface area contributed by atoms with E-state index < -0.39 is 11.9 Å². The predicted octanol–water partition coefficient (Wildman–Crippen LogP) is 0.331. The second-order valence-electron chi connectivity index (χ2n) is 2.06. The Morgan fingerprint density at radius 3 is 2.83 bits per heavy atom. The first kappa shape index (κ1) is 8.25. The molecule has 1 amide bonds. The highest BCUT2D eigenvalue weighted by atomic mass is 16.5. The minimum Gasteiger partial charge on any atom is -0.477 e. The highest BCUT2D eigenvalue weighted by Gasteiger charge is 2.14.